The highest BCUT2D eigenvalue weighted by molar-refractivity contribution is 8.00. The van der Waals surface area contributed by atoms with Crippen molar-refractivity contribution < 1.29 is 4.79 Å². The molecule has 1 atom stereocenters. The Morgan fingerprint density at radius 1 is 1.45 bits per heavy atom. The Balaban J connectivity index is 1.54. The van der Waals surface area contributed by atoms with Crippen LogP contribution in [0.3, 0.4) is 0 Å². The number of thiophene rings is 1. The molecule has 2 aromatic rings. The molecular formula is C15H20N4OS2. The molecular weight excluding hydrogens is 316 g/mol. The number of nitrogens with zero attached hydrogens (tertiary/aromatic N) is 2. The number of hydrogen-bond acceptors (Lipinski definition) is 5. The lowest BCUT2D eigenvalue weighted by Crippen LogP contribution is -2.40. The maximum absolute atomic E-state index is 12.3. The minimum absolute atomic E-state index is 0.0828. The summed E-state index contributed by atoms with van der Waals surface area (Å²) in [4.78, 5) is 17.8. The van der Waals surface area contributed by atoms with Crippen LogP contribution in [0.4, 0.5) is 0 Å². The standard InChI is InChI=1S/C15H20N4OS2/c1-10(14(20)16-11-6-3-2-4-7-11)22-15-17-13(18-19-15)12-8-5-9-21-12/h5,8-11H,2-4,6-7H2,1H3,(H,16,20)(H,17,18,19)/t10-/m1/s1. The van der Waals surface area contributed by atoms with Gasteiger partial charge in [-0.25, -0.2) is 4.98 Å². The van der Waals surface area contributed by atoms with E-state index in [4.69, 9.17) is 0 Å². The predicted molar refractivity (Wildman–Crippen MR) is 90.0 cm³/mol. The summed E-state index contributed by atoms with van der Waals surface area (Å²) in [6.07, 6.45) is 5.94. The maximum atomic E-state index is 12.3. The van der Waals surface area contributed by atoms with Crippen molar-refractivity contribution in [1.29, 1.82) is 0 Å². The molecule has 2 heterocycles. The first-order chi connectivity index (χ1) is 10.7. The summed E-state index contributed by atoms with van der Waals surface area (Å²) >= 11 is 3.01. The van der Waals surface area contributed by atoms with Gasteiger partial charge in [-0.1, -0.05) is 37.1 Å². The van der Waals surface area contributed by atoms with E-state index in [9.17, 15) is 4.79 Å². The average Bonchev–Trinajstić information content (AvgIpc) is 3.19. The van der Waals surface area contributed by atoms with E-state index in [-0.39, 0.29) is 11.2 Å². The third kappa shape index (κ3) is 3.89. The molecule has 1 saturated carbocycles. The lowest BCUT2D eigenvalue weighted by molar-refractivity contribution is -0.121. The molecule has 3 rings (SSSR count). The van der Waals surface area contributed by atoms with Gasteiger partial charge in [0.2, 0.25) is 11.1 Å². The topological polar surface area (TPSA) is 70.7 Å². The molecule has 0 radical (unpaired) electrons. The molecule has 2 aromatic heterocycles. The zero-order chi connectivity index (χ0) is 15.4. The number of carbonyl (C=O) groups is 1. The number of aromatic nitrogens is 3. The zero-order valence-electron chi connectivity index (χ0n) is 12.5. The second-order valence-corrected chi connectivity index (χ2v) is 7.80. The third-order valence-electron chi connectivity index (χ3n) is 3.82. The van der Waals surface area contributed by atoms with Crippen LogP contribution in [0.2, 0.25) is 0 Å². The largest absolute Gasteiger partial charge is 0.352 e. The molecule has 22 heavy (non-hydrogen) atoms. The fourth-order valence-corrected chi connectivity index (χ4v) is 4.00. The van der Waals surface area contributed by atoms with Gasteiger partial charge >= 0.3 is 0 Å². The number of thioether (sulfide) groups is 1. The fraction of sp³-hybridized carbons (Fsp3) is 0.533. The Bertz CT molecular complexity index is 605. The molecule has 118 valence electrons. The molecule has 1 aliphatic rings. The maximum Gasteiger partial charge on any atom is 0.233 e. The Hall–Kier alpha value is -1.34. The summed E-state index contributed by atoms with van der Waals surface area (Å²) in [6, 6.07) is 4.33. The Morgan fingerprint density at radius 2 is 2.27 bits per heavy atom. The summed E-state index contributed by atoms with van der Waals surface area (Å²) in [5.41, 5.74) is 0. The van der Waals surface area contributed by atoms with E-state index in [1.807, 2.05) is 24.4 Å². The first-order valence-corrected chi connectivity index (χ1v) is 9.41. The minimum Gasteiger partial charge on any atom is -0.352 e. The number of carbonyl (C=O) groups excluding carboxylic acids is 1. The first-order valence-electron chi connectivity index (χ1n) is 7.65. The van der Waals surface area contributed by atoms with E-state index < -0.39 is 0 Å². The molecule has 5 nitrogen and oxygen atoms in total. The van der Waals surface area contributed by atoms with Crippen LogP contribution in [0.5, 0.6) is 0 Å². The van der Waals surface area contributed by atoms with Gasteiger partial charge in [0.25, 0.3) is 0 Å². The summed E-state index contributed by atoms with van der Waals surface area (Å²) in [7, 11) is 0. The summed E-state index contributed by atoms with van der Waals surface area (Å²) in [5, 5.41) is 12.7. The lowest BCUT2D eigenvalue weighted by atomic mass is 9.95. The molecule has 0 spiro atoms. The Kier molecular flexibility index (Phi) is 5.15. The summed E-state index contributed by atoms with van der Waals surface area (Å²) in [6.45, 7) is 1.91. The molecule has 1 aliphatic carbocycles. The highest BCUT2D eigenvalue weighted by Crippen LogP contribution is 2.25. The molecule has 1 amide bonds. The third-order valence-corrected chi connectivity index (χ3v) is 5.66. The van der Waals surface area contributed by atoms with Gasteiger partial charge < -0.3 is 5.32 Å². The van der Waals surface area contributed by atoms with Gasteiger partial charge in [-0.2, -0.15) is 0 Å². The molecule has 7 heteroatoms. The Labute approximate surface area is 138 Å². The van der Waals surface area contributed by atoms with Crippen LogP contribution >= 0.6 is 23.1 Å². The smallest absolute Gasteiger partial charge is 0.233 e. The summed E-state index contributed by atoms with van der Waals surface area (Å²) < 4.78 is 0. The van der Waals surface area contributed by atoms with Crippen LogP contribution in [0.15, 0.2) is 22.7 Å². The zero-order valence-corrected chi connectivity index (χ0v) is 14.2. The second kappa shape index (κ2) is 7.28. The van der Waals surface area contributed by atoms with Crippen molar-refractivity contribution in [2.24, 2.45) is 0 Å². The lowest BCUT2D eigenvalue weighted by Gasteiger charge is -2.24. The molecule has 0 bridgehead atoms. The van der Waals surface area contributed by atoms with Gasteiger partial charge in [0.15, 0.2) is 5.82 Å². The van der Waals surface area contributed by atoms with Gasteiger partial charge in [0.1, 0.15) is 0 Å². The molecule has 0 unspecified atom stereocenters. The molecule has 0 aliphatic heterocycles. The van der Waals surface area contributed by atoms with E-state index in [1.165, 1.54) is 31.0 Å². The number of nitrogens with one attached hydrogen (secondary N) is 2. The fourth-order valence-electron chi connectivity index (χ4n) is 2.60. The van der Waals surface area contributed by atoms with Crippen molar-refractivity contribution in [1.82, 2.24) is 20.5 Å². The molecule has 1 fully saturated rings. The van der Waals surface area contributed by atoms with Crippen molar-refractivity contribution in [3.05, 3.63) is 17.5 Å². The molecule has 2 N–H and O–H groups in total. The SMILES string of the molecule is C[C@@H](Sc1n[nH]c(-c2cccs2)n1)C(=O)NC1CCCCC1. The quantitative estimate of drug-likeness (QED) is 0.820. The van der Waals surface area contributed by atoms with Gasteiger partial charge in [-0.05, 0) is 31.2 Å². The van der Waals surface area contributed by atoms with E-state index in [1.54, 1.807) is 11.3 Å². The van der Waals surface area contributed by atoms with E-state index in [0.29, 0.717) is 11.2 Å². The van der Waals surface area contributed by atoms with Crippen molar-refractivity contribution in [3.8, 4) is 10.7 Å². The normalized spacial score (nSPS) is 17.3. The van der Waals surface area contributed by atoms with Crippen molar-refractivity contribution in [2.45, 2.75) is 55.5 Å². The summed E-state index contributed by atoms with van der Waals surface area (Å²) in [5.74, 6) is 0.844. The first kappa shape index (κ1) is 15.6. The number of hydrogen-bond donors (Lipinski definition) is 2. The monoisotopic (exact) mass is 336 g/mol. The van der Waals surface area contributed by atoms with E-state index in [2.05, 4.69) is 20.5 Å². The highest BCUT2D eigenvalue weighted by Gasteiger charge is 2.21. The van der Waals surface area contributed by atoms with Crippen molar-refractivity contribution in [3.63, 3.8) is 0 Å². The van der Waals surface area contributed by atoms with Crippen LogP contribution in [0.25, 0.3) is 10.7 Å². The highest BCUT2D eigenvalue weighted by atomic mass is 32.2. The van der Waals surface area contributed by atoms with Gasteiger partial charge in [-0.3, -0.25) is 9.89 Å². The van der Waals surface area contributed by atoms with Crippen molar-refractivity contribution in [2.75, 3.05) is 0 Å². The van der Waals surface area contributed by atoms with Crippen LogP contribution in [-0.2, 0) is 4.79 Å². The van der Waals surface area contributed by atoms with Crippen LogP contribution in [-0.4, -0.2) is 32.4 Å². The Morgan fingerprint density at radius 3 is 3.00 bits per heavy atom. The number of rotatable bonds is 5. The van der Waals surface area contributed by atoms with Crippen LogP contribution < -0.4 is 5.32 Å². The average molecular weight is 336 g/mol. The number of aromatic amines is 1. The van der Waals surface area contributed by atoms with Gasteiger partial charge in [0, 0.05) is 6.04 Å². The molecule has 0 aromatic carbocycles. The van der Waals surface area contributed by atoms with Gasteiger partial charge in [0.05, 0.1) is 10.1 Å². The second-order valence-electron chi connectivity index (χ2n) is 5.55. The predicted octanol–water partition coefficient (Wildman–Crippen LogP) is 3.46. The van der Waals surface area contributed by atoms with Crippen molar-refractivity contribution >= 4 is 29.0 Å². The molecule has 0 saturated heterocycles. The van der Waals surface area contributed by atoms with Crippen LogP contribution in [0, 0.1) is 0 Å². The number of H-pyrrole nitrogens is 1. The minimum atomic E-state index is -0.186. The van der Waals surface area contributed by atoms with Crippen LogP contribution in [0.1, 0.15) is 39.0 Å². The number of amides is 1. The van der Waals surface area contributed by atoms with Gasteiger partial charge in [-0.15, -0.1) is 16.4 Å². The van der Waals surface area contributed by atoms with E-state index in [0.717, 1.165) is 23.5 Å². The van der Waals surface area contributed by atoms with E-state index >= 15 is 0 Å².